The molecule has 0 aliphatic carbocycles. The molecule has 2 aromatic carbocycles. The summed E-state index contributed by atoms with van der Waals surface area (Å²) < 4.78 is 11.3. The molecule has 0 aromatic heterocycles. The lowest BCUT2D eigenvalue weighted by molar-refractivity contribution is 0.193. The first-order chi connectivity index (χ1) is 12.2. The molecule has 6 heteroatoms. The Balaban J connectivity index is 1.61. The van der Waals surface area contributed by atoms with E-state index in [1.807, 2.05) is 0 Å². The quantitative estimate of drug-likeness (QED) is 0.489. The molecule has 0 amide bonds. The van der Waals surface area contributed by atoms with Gasteiger partial charge < -0.3 is 15.3 Å². The van der Waals surface area contributed by atoms with E-state index in [4.69, 9.17) is 26.9 Å². The summed E-state index contributed by atoms with van der Waals surface area (Å²) in [5, 5.41) is 3.99. The van der Waals surface area contributed by atoms with E-state index in [2.05, 4.69) is 34.3 Å². The van der Waals surface area contributed by atoms with Crippen LogP contribution in [0.15, 0.2) is 41.5 Å². The summed E-state index contributed by atoms with van der Waals surface area (Å²) in [5.41, 5.74) is 3.61. The van der Waals surface area contributed by atoms with Crippen LogP contribution >= 0.6 is 11.6 Å². The molecular weight excluding hydrogens is 338 g/mol. The first-order valence-corrected chi connectivity index (χ1v) is 8.62. The Kier molecular flexibility index (Phi) is 5.79. The van der Waals surface area contributed by atoms with Crippen molar-refractivity contribution in [1.29, 1.82) is 0 Å². The van der Waals surface area contributed by atoms with Crippen LogP contribution in [0.25, 0.3) is 0 Å². The van der Waals surface area contributed by atoms with Gasteiger partial charge >= 0.3 is 0 Å². The normalized spacial score (nSPS) is 14.5. The van der Waals surface area contributed by atoms with Crippen molar-refractivity contribution in [3.8, 4) is 11.5 Å². The molecule has 0 fully saturated rings. The zero-order chi connectivity index (χ0) is 17.6. The standard InChI is InChI=1S/C19H22ClN3O2/c1-24-18-11-14(12-22-21)10-17(20)19(18)25-9-8-23-7-6-15-4-2-3-5-16(15)13-23/h2-5,10-12H,6-9,13,21H2,1H3. The Bertz CT molecular complexity index is 764. The van der Waals surface area contributed by atoms with Crippen molar-refractivity contribution in [2.45, 2.75) is 13.0 Å². The Labute approximate surface area is 153 Å². The van der Waals surface area contributed by atoms with E-state index in [0.29, 0.717) is 23.1 Å². The number of benzene rings is 2. The molecule has 1 aliphatic rings. The van der Waals surface area contributed by atoms with Crippen molar-refractivity contribution >= 4 is 17.8 Å². The minimum Gasteiger partial charge on any atom is -0.493 e. The maximum Gasteiger partial charge on any atom is 0.179 e. The monoisotopic (exact) mass is 359 g/mol. The molecule has 1 aliphatic heterocycles. The van der Waals surface area contributed by atoms with Crippen molar-refractivity contribution in [2.24, 2.45) is 10.9 Å². The van der Waals surface area contributed by atoms with E-state index in [1.165, 1.54) is 17.3 Å². The molecule has 0 saturated heterocycles. The molecule has 0 atom stereocenters. The molecule has 0 spiro atoms. The predicted molar refractivity (Wildman–Crippen MR) is 101 cm³/mol. The van der Waals surface area contributed by atoms with Crippen molar-refractivity contribution in [3.63, 3.8) is 0 Å². The molecule has 0 radical (unpaired) electrons. The Morgan fingerprint density at radius 2 is 2.08 bits per heavy atom. The van der Waals surface area contributed by atoms with Gasteiger partial charge in [-0.05, 0) is 35.2 Å². The highest BCUT2D eigenvalue weighted by atomic mass is 35.5. The van der Waals surface area contributed by atoms with Crippen molar-refractivity contribution in [2.75, 3.05) is 26.8 Å². The van der Waals surface area contributed by atoms with Crippen LogP contribution in [0.4, 0.5) is 0 Å². The number of nitrogens with two attached hydrogens (primary N) is 1. The number of hydrogen-bond donors (Lipinski definition) is 1. The highest BCUT2D eigenvalue weighted by Gasteiger charge is 2.16. The van der Waals surface area contributed by atoms with Crippen LogP contribution in [-0.2, 0) is 13.0 Å². The molecule has 3 rings (SSSR count). The lowest BCUT2D eigenvalue weighted by atomic mass is 10.0. The number of halogens is 1. The third kappa shape index (κ3) is 4.24. The minimum absolute atomic E-state index is 0.484. The second kappa shape index (κ2) is 8.23. The summed E-state index contributed by atoms with van der Waals surface area (Å²) in [4.78, 5) is 2.39. The molecule has 5 nitrogen and oxygen atoms in total. The zero-order valence-electron chi connectivity index (χ0n) is 14.2. The summed E-state index contributed by atoms with van der Waals surface area (Å²) >= 11 is 6.32. The molecule has 0 unspecified atom stereocenters. The number of hydrazone groups is 1. The fraction of sp³-hybridized carbons (Fsp3) is 0.316. The number of rotatable bonds is 6. The number of hydrogen-bond acceptors (Lipinski definition) is 5. The summed E-state index contributed by atoms with van der Waals surface area (Å²) in [7, 11) is 1.59. The maximum absolute atomic E-state index is 6.32. The molecule has 25 heavy (non-hydrogen) atoms. The number of nitrogens with zero attached hydrogens (tertiary/aromatic N) is 2. The number of methoxy groups -OCH3 is 1. The van der Waals surface area contributed by atoms with Gasteiger partial charge in [0.15, 0.2) is 11.5 Å². The Hall–Kier alpha value is -2.24. The van der Waals surface area contributed by atoms with E-state index in [0.717, 1.165) is 31.6 Å². The second-order valence-electron chi connectivity index (χ2n) is 5.96. The number of fused-ring (bicyclic) bond motifs is 1. The summed E-state index contributed by atoms with van der Waals surface area (Å²) in [5.74, 6) is 6.31. The smallest absolute Gasteiger partial charge is 0.179 e. The van der Waals surface area contributed by atoms with Crippen molar-refractivity contribution < 1.29 is 9.47 Å². The van der Waals surface area contributed by atoms with Gasteiger partial charge in [0.05, 0.1) is 18.3 Å². The molecule has 132 valence electrons. The topological polar surface area (TPSA) is 60.1 Å². The van der Waals surface area contributed by atoms with Gasteiger partial charge in [0, 0.05) is 19.6 Å². The summed E-state index contributed by atoms with van der Waals surface area (Å²) in [6.45, 7) is 3.37. The fourth-order valence-corrected chi connectivity index (χ4v) is 3.34. The van der Waals surface area contributed by atoms with E-state index >= 15 is 0 Å². The van der Waals surface area contributed by atoms with Gasteiger partial charge in [-0.1, -0.05) is 35.9 Å². The maximum atomic E-state index is 6.32. The Morgan fingerprint density at radius 1 is 1.28 bits per heavy atom. The van der Waals surface area contributed by atoms with Gasteiger partial charge in [-0.2, -0.15) is 5.10 Å². The van der Waals surface area contributed by atoms with Crippen LogP contribution in [0.2, 0.25) is 5.02 Å². The van der Waals surface area contributed by atoms with Crippen LogP contribution < -0.4 is 15.3 Å². The molecule has 2 N–H and O–H groups in total. The molecule has 1 heterocycles. The molecule has 0 bridgehead atoms. The SMILES string of the molecule is COc1cc(C=NN)cc(Cl)c1OCCN1CCc2ccccc2C1. The third-order valence-corrected chi connectivity index (χ3v) is 4.62. The van der Waals surface area contributed by atoms with Gasteiger partial charge in [-0.25, -0.2) is 0 Å². The van der Waals surface area contributed by atoms with Crippen LogP contribution in [0.5, 0.6) is 11.5 Å². The van der Waals surface area contributed by atoms with Crippen LogP contribution in [0, 0.1) is 0 Å². The Morgan fingerprint density at radius 3 is 2.84 bits per heavy atom. The van der Waals surface area contributed by atoms with Gasteiger partial charge in [-0.15, -0.1) is 0 Å². The molecule has 2 aromatic rings. The molecular formula is C19H22ClN3O2. The first-order valence-electron chi connectivity index (χ1n) is 8.24. The predicted octanol–water partition coefficient (Wildman–Crippen LogP) is 3.08. The van der Waals surface area contributed by atoms with Gasteiger partial charge in [0.1, 0.15) is 6.61 Å². The zero-order valence-corrected chi connectivity index (χ0v) is 15.0. The van der Waals surface area contributed by atoms with Gasteiger partial charge in [-0.3, -0.25) is 4.90 Å². The first kappa shape index (κ1) is 17.6. The van der Waals surface area contributed by atoms with Crippen molar-refractivity contribution in [3.05, 3.63) is 58.1 Å². The van der Waals surface area contributed by atoms with E-state index in [9.17, 15) is 0 Å². The van der Waals surface area contributed by atoms with Crippen LogP contribution in [0.3, 0.4) is 0 Å². The second-order valence-corrected chi connectivity index (χ2v) is 6.36. The van der Waals surface area contributed by atoms with Gasteiger partial charge in [0.25, 0.3) is 0 Å². The lowest BCUT2D eigenvalue weighted by Gasteiger charge is -2.28. The van der Waals surface area contributed by atoms with E-state index in [-0.39, 0.29) is 0 Å². The average molecular weight is 360 g/mol. The highest BCUT2D eigenvalue weighted by molar-refractivity contribution is 6.32. The average Bonchev–Trinajstić information content (AvgIpc) is 2.63. The molecule has 0 saturated carbocycles. The summed E-state index contributed by atoms with van der Waals surface area (Å²) in [6, 6.07) is 12.2. The minimum atomic E-state index is 0.484. The van der Waals surface area contributed by atoms with Gasteiger partial charge in [0.2, 0.25) is 0 Å². The lowest BCUT2D eigenvalue weighted by Crippen LogP contribution is -2.33. The summed E-state index contributed by atoms with van der Waals surface area (Å²) in [6.07, 6.45) is 2.59. The van der Waals surface area contributed by atoms with Crippen molar-refractivity contribution in [1.82, 2.24) is 4.90 Å². The largest absolute Gasteiger partial charge is 0.493 e. The van der Waals surface area contributed by atoms with Crippen LogP contribution in [-0.4, -0.2) is 37.9 Å². The van der Waals surface area contributed by atoms with E-state index < -0.39 is 0 Å². The number of ether oxygens (including phenoxy) is 2. The van der Waals surface area contributed by atoms with E-state index in [1.54, 1.807) is 19.2 Å². The van der Waals surface area contributed by atoms with Crippen LogP contribution in [0.1, 0.15) is 16.7 Å². The highest BCUT2D eigenvalue weighted by Crippen LogP contribution is 2.36. The fourth-order valence-electron chi connectivity index (χ4n) is 3.06. The third-order valence-electron chi connectivity index (χ3n) is 4.34.